The molecule has 0 radical (unpaired) electrons. The van der Waals surface area contributed by atoms with Gasteiger partial charge in [0.25, 0.3) is 0 Å². The third kappa shape index (κ3) is 10.8. The first-order valence-corrected chi connectivity index (χ1v) is 16.0. The van der Waals surface area contributed by atoms with Gasteiger partial charge in [-0.25, -0.2) is 5.57 Å². The van der Waals surface area contributed by atoms with Gasteiger partial charge in [0.15, 0.2) is 0 Å². The Bertz CT molecular complexity index is 1490. The molecule has 1 aliphatic rings. The van der Waals surface area contributed by atoms with E-state index in [1.54, 1.807) is 0 Å². The van der Waals surface area contributed by atoms with E-state index in [0.717, 1.165) is 27.8 Å². The summed E-state index contributed by atoms with van der Waals surface area (Å²) < 4.78 is 0. The molecule has 5 aromatic rings. The van der Waals surface area contributed by atoms with Crippen molar-refractivity contribution < 1.29 is 26.2 Å². The van der Waals surface area contributed by atoms with Gasteiger partial charge in [-0.2, -0.15) is 17.7 Å². The Balaban J connectivity index is 0.000000177. The molecule has 0 nitrogen and oxygen atoms in total. The van der Waals surface area contributed by atoms with Crippen molar-refractivity contribution in [1.82, 2.24) is 0 Å². The smallest absolute Gasteiger partial charge is 0.269 e. The first kappa shape index (κ1) is 33.8. The Morgan fingerprint density at radius 3 is 1.88 bits per heavy atom. The van der Waals surface area contributed by atoms with E-state index in [4.69, 9.17) is 0 Å². The van der Waals surface area contributed by atoms with Gasteiger partial charge in [0, 0.05) is 0 Å². The molecule has 0 aromatic heterocycles. The summed E-state index contributed by atoms with van der Waals surface area (Å²) in [4.78, 5) is 0. The zero-order chi connectivity index (χ0) is 28.7. The van der Waals surface area contributed by atoms with Crippen LogP contribution in [0.1, 0.15) is 56.2 Å². The number of hydrogen-bond donors (Lipinski definition) is 0. The minimum atomic E-state index is 0. The maximum absolute atomic E-state index is 3.30. The van der Waals surface area contributed by atoms with Crippen LogP contribution in [-0.4, -0.2) is 0 Å². The third-order valence-electron chi connectivity index (χ3n) is 7.48. The molecule has 6 rings (SSSR count). The van der Waals surface area contributed by atoms with Crippen LogP contribution >= 0.6 is 8.58 Å². The van der Waals surface area contributed by atoms with Crippen molar-refractivity contribution in [2.75, 3.05) is 0 Å². The van der Waals surface area contributed by atoms with Gasteiger partial charge >= 0.3 is 26.2 Å². The van der Waals surface area contributed by atoms with Crippen LogP contribution in [0.25, 0.3) is 10.8 Å². The Kier molecular flexibility index (Phi) is 15.1. The second-order valence-electron chi connectivity index (χ2n) is 10.6. The maximum Gasteiger partial charge on any atom is 2.00 e. The van der Waals surface area contributed by atoms with E-state index in [0.29, 0.717) is 0 Å². The monoisotopic (exact) mass is 644 g/mol. The molecule has 0 spiro atoms. The molecular formula is C40H43PZr. The van der Waals surface area contributed by atoms with Crippen LogP contribution in [0.5, 0.6) is 0 Å². The summed E-state index contributed by atoms with van der Waals surface area (Å²) in [6, 6.07) is 43.0. The van der Waals surface area contributed by atoms with Crippen molar-refractivity contribution in [2.24, 2.45) is 0 Å². The van der Waals surface area contributed by atoms with E-state index >= 15 is 0 Å². The zero-order valence-corrected chi connectivity index (χ0v) is 28.8. The summed E-state index contributed by atoms with van der Waals surface area (Å²) in [7, 11) is 0.754. The van der Waals surface area contributed by atoms with Crippen molar-refractivity contribution in [2.45, 2.75) is 59.3 Å². The second kappa shape index (κ2) is 18.7. The summed E-state index contributed by atoms with van der Waals surface area (Å²) in [5.74, 6) is 0. The van der Waals surface area contributed by atoms with E-state index in [9.17, 15) is 0 Å². The number of aryl methyl sites for hydroxylation is 3. The van der Waals surface area contributed by atoms with E-state index in [2.05, 4.69) is 154 Å². The topological polar surface area (TPSA) is 0 Å². The first-order valence-electron chi connectivity index (χ1n) is 15.0. The molecule has 1 unspecified atom stereocenters. The van der Waals surface area contributed by atoms with Crippen LogP contribution in [0.4, 0.5) is 0 Å². The molecule has 0 bridgehead atoms. The van der Waals surface area contributed by atoms with Crippen molar-refractivity contribution in [3.63, 3.8) is 0 Å². The molecule has 42 heavy (non-hydrogen) atoms. The number of unbranched alkanes of at least 4 members (excludes halogenated alkanes) is 1. The Morgan fingerprint density at radius 2 is 1.29 bits per heavy atom. The molecule has 1 atom stereocenters. The van der Waals surface area contributed by atoms with Crippen LogP contribution in [0.3, 0.4) is 0 Å². The largest absolute Gasteiger partial charge is 2.00 e. The Morgan fingerprint density at radius 1 is 0.690 bits per heavy atom. The van der Waals surface area contributed by atoms with Crippen molar-refractivity contribution >= 4 is 30.0 Å². The van der Waals surface area contributed by atoms with E-state index < -0.39 is 0 Å². The van der Waals surface area contributed by atoms with Crippen LogP contribution in [0, 0.1) is 13.0 Å². The predicted octanol–water partition coefficient (Wildman–Crippen LogP) is 10.2. The minimum Gasteiger partial charge on any atom is -0.269 e. The van der Waals surface area contributed by atoms with Crippen LogP contribution in [0.15, 0.2) is 139 Å². The predicted molar refractivity (Wildman–Crippen MR) is 183 cm³/mol. The number of allylic oxidation sites excluding steroid dienone is 4. The fourth-order valence-corrected chi connectivity index (χ4v) is 6.23. The standard InChI is InChI=1S/C16H14P.C14H14.C10H15.Zr/c1-12-6-2-5-9-15(12)17-16-11-10-13-7-3-4-8-14(13)16;1-3-7-13(8-4-1)11-12-14-9-5-2-6-10-14;1-3-4-7-10-8-5-6-9(10)2;/h2-11,17H,1H3;1-10H,11-12H2;8H,3-5,7H2,1-2H3;/q-1;;-1;+2. The second-order valence-corrected chi connectivity index (χ2v) is 11.9. The van der Waals surface area contributed by atoms with Gasteiger partial charge < -0.3 is 0 Å². The van der Waals surface area contributed by atoms with E-state index in [-0.39, 0.29) is 26.2 Å². The van der Waals surface area contributed by atoms with E-state index in [1.807, 2.05) is 0 Å². The summed E-state index contributed by atoms with van der Waals surface area (Å²) in [5.41, 5.74) is 7.12. The summed E-state index contributed by atoms with van der Waals surface area (Å²) >= 11 is 0. The molecule has 0 saturated heterocycles. The molecule has 0 heterocycles. The Hall–Kier alpha value is -2.72. The van der Waals surface area contributed by atoms with Crippen molar-refractivity contribution in [3.05, 3.63) is 161 Å². The number of fused-ring (bicyclic) bond motifs is 1. The SMILES string of the molecule is CCCCC1=CC[C-]=C1C.Cc1ccccc1P[c-]1ccc2ccccc21.[Zr+2].c1ccc(CCc2ccccc2)cc1. The fourth-order valence-electron chi connectivity index (χ4n) is 4.95. The van der Waals surface area contributed by atoms with Crippen LogP contribution in [-0.2, 0) is 39.0 Å². The molecule has 5 aromatic carbocycles. The van der Waals surface area contributed by atoms with Gasteiger partial charge in [0.1, 0.15) is 0 Å². The van der Waals surface area contributed by atoms with Crippen LogP contribution < -0.4 is 10.6 Å². The molecule has 0 fully saturated rings. The zero-order valence-electron chi connectivity index (χ0n) is 25.4. The molecule has 0 N–H and O–H groups in total. The normalized spacial score (nSPS) is 12.1. The van der Waals surface area contributed by atoms with Gasteiger partial charge in [0.2, 0.25) is 0 Å². The van der Waals surface area contributed by atoms with Gasteiger partial charge in [-0.3, -0.25) is 6.08 Å². The van der Waals surface area contributed by atoms with Crippen LogP contribution in [0.2, 0.25) is 0 Å². The first-order chi connectivity index (χ1) is 20.1. The summed E-state index contributed by atoms with van der Waals surface area (Å²) in [6.45, 7) is 6.58. The molecule has 0 amide bonds. The molecule has 212 valence electrons. The molecule has 0 aliphatic heterocycles. The van der Waals surface area contributed by atoms with Crippen molar-refractivity contribution in [3.8, 4) is 0 Å². The van der Waals surface area contributed by atoms with Gasteiger partial charge in [-0.1, -0.05) is 124 Å². The Labute approximate surface area is 275 Å². The quantitative estimate of drug-likeness (QED) is 0.116. The number of hydrogen-bond acceptors (Lipinski definition) is 0. The molecular weight excluding hydrogens is 603 g/mol. The molecule has 0 saturated carbocycles. The van der Waals surface area contributed by atoms with Crippen molar-refractivity contribution in [1.29, 1.82) is 0 Å². The minimum absolute atomic E-state index is 0. The van der Waals surface area contributed by atoms with Gasteiger partial charge in [0.05, 0.1) is 0 Å². The molecule has 1 aliphatic carbocycles. The van der Waals surface area contributed by atoms with Gasteiger partial charge in [-0.05, 0) is 41.8 Å². The van der Waals surface area contributed by atoms with Gasteiger partial charge in [-0.15, -0.1) is 55.3 Å². The van der Waals surface area contributed by atoms with E-state index in [1.165, 1.54) is 68.5 Å². The average Bonchev–Trinajstić information content (AvgIpc) is 3.63. The maximum atomic E-state index is 3.30. The summed E-state index contributed by atoms with van der Waals surface area (Å²) in [5, 5.41) is 5.65. The third-order valence-corrected chi connectivity index (χ3v) is 9.02. The summed E-state index contributed by atoms with van der Waals surface area (Å²) in [6.07, 6.45) is 12.8. The molecule has 2 heteroatoms. The number of rotatable bonds is 8. The fraction of sp³-hybridized carbons (Fsp3) is 0.225. The average molecular weight is 646 g/mol. The number of benzene rings is 4.